The van der Waals surface area contributed by atoms with Crippen LogP contribution < -0.4 is 4.40 Å². The summed E-state index contributed by atoms with van der Waals surface area (Å²) < 4.78 is 19.9. The fourth-order valence-corrected chi connectivity index (χ4v) is 14.5. The van der Waals surface area contributed by atoms with Crippen LogP contribution in [0.4, 0.5) is 0 Å². The second-order valence-corrected chi connectivity index (χ2v) is 25.5. The molecule has 0 fully saturated rings. The Bertz CT molecular complexity index is 3210. The first-order valence-corrected chi connectivity index (χ1v) is 25.6. The topological polar surface area (TPSA) is 36.1 Å². The summed E-state index contributed by atoms with van der Waals surface area (Å²) in [5.41, 5.74) is 10.4. The molecule has 4 heterocycles. The molecule has 0 unspecified atom stereocenters. The summed E-state index contributed by atoms with van der Waals surface area (Å²) in [4.78, 5) is 0. The third-order valence-electron chi connectivity index (χ3n) is 11.7. The molecule has 0 atom stereocenters. The first-order valence-electron chi connectivity index (χ1n) is 18.8. The number of benzene rings is 7. The van der Waals surface area contributed by atoms with Gasteiger partial charge in [0.05, 0.1) is 0 Å². The molecule has 0 radical (unpaired) electrons. The van der Waals surface area contributed by atoms with Crippen molar-refractivity contribution < 1.29 is 8.83 Å². The number of para-hydroxylation sites is 4. The van der Waals surface area contributed by atoms with Gasteiger partial charge in [-0.2, -0.15) is 0 Å². The van der Waals surface area contributed by atoms with Crippen molar-refractivity contribution in [2.45, 2.75) is 36.5 Å². The van der Waals surface area contributed by atoms with Gasteiger partial charge in [0.25, 0.3) is 0 Å². The van der Waals surface area contributed by atoms with Crippen LogP contribution in [0.15, 0.2) is 148 Å². The van der Waals surface area contributed by atoms with Crippen LogP contribution in [0.2, 0.25) is 16.8 Å². The molecule has 4 aromatic heterocycles. The number of furan rings is 2. The Morgan fingerprint density at radius 1 is 0.491 bits per heavy atom. The number of hydrogen-bond donors (Lipinski definition) is 0. The Hall–Kier alpha value is -5.72. The van der Waals surface area contributed by atoms with E-state index < -0.39 is 13.3 Å². The van der Waals surface area contributed by atoms with Crippen LogP contribution in [0.25, 0.3) is 98.9 Å². The second kappa shape index (κ2) is 11.4. The van der Waals surface area contributed by atoms with Gasteiger partial charge in [-0.1, -0.05) is 54.6 Å². The molecule has 53 heavy (non-hydrogen) atoms. The predicted octanol–water partition coefficient (Wildman–Crippen LogP) is 13.4. The molecule has 7 aromatic carbocycles. The van der Waals surface area contributed by atoms with Gasteiger partial charge in [0.15, 0.2) is 0 Å². The van der Waals surface area contributed by atoms with Crippen molar-refractivity contribution in [3.8, 4) is 11.4 Å². The normalized spacial score (nSPS) is 12.7. The molecule has 0 spiro atoms. The zero-order valence-corrected chi connectivity index (χ0v) is 32.2. The van der Waals surface area contributed by atoms with Crippen molar-refractivity contribution in [2.75, 3.05) is 0 Å². The molecule has 0 aliphatic heterocycles. The van der Waals surface area contributed by atoms with Crippen LogP contribution in [0.3, 0.4) is 0 Å². The Balaban J connectivity index is 1.23. The summed E-state index contributed by atoms with van der Waals surface area (Å²) in [5, 5.41) is 10.7. The van der Waals surface area contributed by atoms with Crippen molar-refractivity contribution in [3.63, 3.8) is 0 Å². The van der Waals surface area contributed by atoms with Gasteiger partial charge in [-0.3, -0.25) is 0 Å². The third kappa shape index (κ3) is 4.42. The van der Waals surface area contributed by atoms with E-state index in [1.165, 1.54) is 45.3 Å². The van der Waals surface area contributed by atoms with Crippen molar-refractivity contribution in [1.29, 1.82) is 0 Å². The predicted molar refractivity (Wildman–Crippen MR) is 227 cm³/mol. The van der Waals surface area contributed by atoms with Crippen LogP contribution >= 0.6 is 0 Å². The molecule has 0 N–H and O–H groups in total. The molecular formula is C48H38GeN2O2. The number of hydrogen-bond acceptors (Lipinski definition) is 2. The summed E-state index contributed by atoms with van der Waals surface area (Å²) in [5.74, 6) is 5.10. The van der Waals surface area contributed by atoms with Gasteiger partial charge >= 0.3 is 227 Å². The number of unbranched alkanes of at least 4 members (excludes halogenated alkanes) is 1. The van der Waals surface area contributed by atoms with E-state index >= 15 is 0 Å². The zero-order valence-electron chi connectivity index (χ0n) is 30.1. The van der Waals surface area contributed by atoms with Crippen molar-refractivity contribution in [2.24, 2.45) is 0 Å². The minimum atomic E-state index is -2.18. The monoisotopic (exact) mass is 748 g/mol. The van der Waals surface area contributed by atoms with Gasteiger partial charge in [0.2, 0.25) is 0 Å². The molecule has 5 heteroatoms. The molecule has 11 rings (SSSR count). The van der Waals surface area contributed by atoms with E-state index in [0.29, 0.717) is 0 Å². The van der Waals surface area contributed by atoms with Gasteiger partial charge in [-0.15, -0.1) is 0 Å². The molecular weight excluding hydrogens is 709 g/mol. The van der Waals surface area contributed by atoms with Gasteiger partial charge in [0.1, 0.15) is 0 Å². The average Bonchev–Trinajstić information content (AvgIpc) is 3.94. The second-order valence-electron chi connectivity index (χ2n) is 15.3. The van der Waals surface area contributed by atoms with Crippen molar-refractivity contribution in [1.82, 2.24) is 9.13 Å². The maximum absolute atomic E-state index is 6.88. The van der Waals surface area contributed by atoms with Crippen LogP contribution in [0.1, 0.15) is 19.8 Å². The molecule has 0 aliphatic carbocycles. The summed E-state index contributed by atoms with van der Waals surface area (Å²) in [6, 6.07) is 50.8. The van der Waals surface area contributed by atoms with Gasteiger partial charge in [-0.05, 0) is 18.2 Å². The van der Waals surface area contributed by atoms with E-state index in [4.69, 9.17) is 8.83 Å². The van der Waals surface area contributed by atoms with E-state index in [0.717, 1.165) is 71.7 Å². The number of aromatic nitrogens is 2. The van der Waals surface area contributed by atoms with Crippen LogP contribution in [-0.4, -0.2) is 22.4 Å². The summed E-state index contributed by atoms with van der Waals surface area (Å²) in [6.07, 6.45) is 2.54. The Kier molecular flexibility index (Phi) is 6.63. The zero-order chi connectivity index (χ0) is 35.4. The summed E-state index contributed by atoms with van der Waals surface area (Å²) in [6.45, 7) is 2.30. The fraction of sp³-hybridized carbons (Fsp3) is 0.125. The molecule has 0 saturated heterocycles. The molecule has 256 valence electrons. The SMILES string of the molecule is CCC[CH2][Ge]([CH3])([CH3])[c]1ccc2oc3c(-n4c5cc(-n6c7ccccc7c7ccccc76)ccc5c5c6oc7ccccc7c6ccc54)cccc3c2c1. The number of nitrogens with zero attached hydrogens (tertiary/aromatic N) is 2. The van der Waals surface area contributed by atoms with E-state index in [-0.39, 0.29) is 0 Å². The summed E-state index contributed by atoms with van der Waals surface area (Å²) >= 11 is -2.18. The number of fused-ring (bicyclic) bond motifs is 13. The maximum atomic E-state index is 6.88. The fourth-order valence-electron chi connectivity index (χ4n) is 9.01. The molecule has 0 aliphatic rings. The summed E-state index contributed by atoms with van der Waals surface area (Å²) in [7, 11) is 0. The quantitative estimate of drug-likeness (QED) is 0.159. The first kappa shape index (κ1) is 30.9. The standard InChI is InChI=1S/C48H38GeN2O2/c1-4-5-27-49(2,3)30-21-26-45-38(28-30)35-16-12-19-42(47(35)52-45)51-41-25-24-36-34-15-8-11-20-44(34)53-48(36)46(41)37-23-22-31(29-43(37)51)50-39-17-9-6-13-32(39)33-14-7-10-18-40(33)50/h6-26,28-29H,4-5,27H2,1-3H3. The van der Waals surface area contributed by atoms with E-state index in [1.54, 1.807) is 4.40 Å². The van der Waals surface area contributed by atoms with Crippen molar-refractivity contribution >= 4 is 105 Å². The van der Waals surface area contributed by atoms with E-state index in [1.807, 2.05) is 6.07 Å². The molecule has 0 saturated carbocycles. The van der Waals surface area contributed by atoms with Crippen LogP contribution in [0, 0.1) is 0 Å². The van der Waals surface area contributed by atoms with Gasteiger partial charge < -0.3 is 0 Å². The molecule has 0 bridgehead atoms. The van der Waals surface area contributed by atoms with Gasteiger partial charge in [-0.25, -0.2) is 0 Å². The Morgan fingerprint density at radius 3 is 1.94 bits per heavy atom. The average molecular weight is 747 g/mol. The number of rotatable bonds is 6. The Morgan fingerprint density at radius 2 is 1.15 bits per heavy atom. The van der Waals surface area contributed by atoms with Gasteiger partial charge in [0, 0.05) is 10.8 Å². The van der Waals surface area contributed by atoms with E-state index in [2.05, 4.69) is 161 Å². The third-order valence-corrected chi connectivity index (χ3v) is 19.0. The molecule has 4 nitrogen and oxygen atoms in total. The molecule has 0 amide bonds. The van der Waals surface area contributed by atoms with Crippen LogP contribution in [0.5, 0.6) is 0 Å². The van der Waals surface area contributed by atoms with E-state index in [9.17, 15) is 0 Å². The molecule has 11 aromatic rings. The Labute approximate surface area is 309 Å². The van der Waals surface area contributed by atoms with Crippen LogP contribution in [-0.2, 0) is 0 Å². The van der Waals surface area contributed by atoms with Crippen molar-refractivity contribution in [3.05, 3.63) is 140 Å². The first-order chi connectivity index (χ1) is 26.0. The minimum absolute atomic E-state index is 0.902.